The van der Waals surface area contributed by atoms with Crippen molar-refractivity contribution >= 4 is 18.0 Å². The molecule has 1 nitrogen and oxygen atoms in total. The van der Waals surface area contributed by atoms with Gasteiger partial charge >= 0.3 is 0 Å². The third-order valence-corrected chi connectivity index (χ3v) is 8.11. The van der Waals surface area contributed by atoms with Crippen LogP contribution in [0.1, 0.15) is 86.5 Å². The largest absolute Gasteiger partial charge is 0.303 e. The standard InChI is InChI=1S/C30H39N.ClH/c1-2-10-24(11-3-1)12-8-9-21-31-22-19-27(20-23-31)30-28-15-6-4-13-25(28)17-18-26-14-5-7-16-29(26)30;/h4-7,13-16,24H,1-3,8-12,17-23H2;1H. The van der Waals surface area contributed by atoms with Gasteiger partial charge in [0.1, 0.15) is 0 Å². The van der Waals surface area contributed by atoms with Crippen LogP contribution in [0.15, 0.2) is 54.1 Å². The lowest BCUT2D eigenvalue weighted by Gasteiger charge is -2.31. The molecular formula is C30H40ClN. The second-order valence-electron chi connectivity index (χ2n) is 10.1. The first kappa shape index (κ1) is 23.6. The lowest BCUT2D eigenvalue weighted by Crippen LogP contribution is -2.32. The Labute approximate surface area is 201 Å². The molecule has 1 heterocycles. The lowest BCUT2D eigenvalue weighted by molar-refractivity contribution is 0.244. The quantitative estimate of drug-likeness (QED) is 0.420. The third kappa shape index (κ3) is 5.49. The Morgan fingerprint density at radius 1 is 0.688 bits per heavy atom. The maximum Gasteiger partial charge on any atom is 0.00190 e. The van der Waals surface area contributed by atoms with Gasteiger partial charge in [0.15, 0.2) is 0 Å². The number of hydrogen-bond acceptors (Lipinski definition) is 1. The molecular weight excluding hydrogens is 410 g/mol. The number of rotatable bonds is 5. The first-order valence-electron chi connectivity index (χ1n) is 13.0. The van der Waals surface area contributed by atoms with E-state index in [1.54, 1.807) is 11.1 Å². The summed E-state index contributed by atoms with van der Waals surface area (Å²) >= 11 is 0. The second-order valence-corrected chi connectivity index (χ2v) is 10.1. The van der Waals surface area contributed by atoms with Crippen LogP contribution in [0.4, 0.5) is 0 Å². The molecule has 1 saturated carbocycles. The summed E-state index contributed by atoms with van der Waals surface area (Å²) in [6.45, 7) is 3.79. The molecule has 2 aromatic rings. The number of fused-ring (bicyclic) bond motifs is 2. The van der Waals surface area contributed by atoms with Crippen LogP contribution in [0.5, 0.6) is 0 Å². The first-order valence-corrected chi connectivity index (χ1v) is 13.0. The normalized spacial score (nSPS) is 19.6. The minimum absolute atomic E-state index is 0. The highest BCUT2D eigenvalue weighted by atomic mass is 35.5. The molecule has 2 aromatic carbocycles. The molecule has 0 radical (unpaired) electrons. The number of nitrogens with zero attached hydrogens (tertiary/aromatic N) is 1. The van der Waals surface area contributed by atoms with E-state index in [0.717, 1.165) is 18.8 Å². The van der Waals surface area contributed by atoms with Crippen molar-refractivity contribution in [2.24, 2.45) is 5.92 Å². The van der Waals surface area contributed by atoms with Crippen LogP contribution in [0, 0.1) is 5.92 Å². The topological polar surface area (TPSA) is 3.24 Å². The van der Waals surface area contributed by atoms with Crippen LogP contribution < -0.4 is 0 Å². The number of aryl methyl sites for hydroxylation is 2. The smallest absolute Gasteiger partial charge is 0.00190 e. The molecule has 2 heteroatoms. The second kappa shape index (κ2) is 11.5. The number of piperidine rings is 1. The van der Waals surface area contributed by atoms with Crippen molar-refractivity contribution in [2.45, 2.75) is 77.0 Å². The summed E-state index contributed by atoms with van der Waals surface area (Å²) < 4.78 is 0. The molecule has 32 heavy (non-hydrogen) atoms. The lowest BCUT2D eigenvalue weighted by atomic mass is 9.85. The highest BCUT2D eigenvalue weighted by molar-refractivity contribution is 5.86. The number of likely N-dealkylation sites (tertiary alicyclic amines) is 1. The first-order chi connectivity index (χ1) is 15.4. The van der Waals surface area contributed by atoms with Crippen LogP contribution in [-0.4, -0.2) is 24.5 Å². The van der Waals surface area contributed by atoms with E-state index in [1.807, 2.05) is 0 Å². The molecule has 5 rings (SSSR count). The van der Waals surface area contributed by atoms with E-state index >= 15 is 0 Å². The number of benzene rings is 2. The summed E-state index contributed by atoms with van der Waals surface area (Å²) in [5.41, 5.74) is 9.34. The van der Waals surface area contributed by atoms with E-state index in [9.17, 15) is 0 Å². The van der Waals surface area contributed by atoms with Crippen LogP contribution in [0.3, 0.4) is 0 Å². The average molecular weight is 450 g/mol. The molecule has 2 aliphatic carbocycles. The molecule has 0 atom stereocenters. The van der Waals surface area contributed by atoms with Crippen LogP contribution in [-0.2, 0) is 12.8 Å². The highest BCUT2D eigenvalue weighted by Crippen LogP contribution is 2.38. The molecule has 1 aliphatic heterocycles. The van der Waals surface area contributed by atoms with Gasteiger partial charge in [-0.15, -0.1) is 12.4 Å². The van der Waals surface area contributed by atoms with Gasteiger partial charge in [0.25, 0.3) is 0 Å². The van der Waals surface area contributed by atoms with E-state index in [4.69, 9.17) is 0 Å². The Bertz CT molecular complexity index is 849. The predicted molar refractivity (Wildman–Crippen MR) is 140 cm³/mol. The monoisotopic (exact) mass is 449 g/mol. The van der Waals surface area contributed by atoms with Crippen molar-refractivity contribution in [3.63, 3.8) is 0 Å². The summed E-state index contributed by atoms with van der Waals surface area (Å²) in [7, 11) is 0. The third-order valence-electron chi connectivity index (χ3n) is 8.11. The summed E-state index contributed by atoms with van der Waals surface area (Å²) in [6.07, 6.45) is 16.6. The minimum atomic E-state index is 0. The Kier molecular flexibility index (Phi) is 8.49. The summed E-state index contributed by atoms with van der Waals surface area (Å²) in [5.74, 6) is 1.04. The van der Waals surface area contributed by atoms with Crippen LogP contribution >= 0.6 is 12.4 Å². The van der Waals surface area contributed by atoms with E-state index in [0.29, 0.717) is 0 Å². The molecule has 1 saturated heterocycles. The molecule has 2 fully saturated rings. The zero-order chi connectivity index (χ0) is 20.9. The van der Waals surface area contributed by atoms with Gasteiger partial charge in [0, 0.05) is 13.1 Å². The molecule has 0 spiro atoms. The molecule has 0 aromatic heterocycles. The minimum Gasteiger partial charge on any atom is -0.303 e. The van der Waals surface area contributed by atoms with Gasteiger partial charge < -0.3 is 4.90 Å². The zero-order valence-electron chi connectivity index (χ0n) is 19.7. The van der Waals surface area contributed by atoms with Gasteiger partial charge in [-0.1, -0.05) is 99.0 Å². The molecule has 172 valence electrons. The summed E-state index contributed by atoms with van der Waals surface area (Å²) in [5, 5.41) is 0. The molecule has 0 unspecified atom stereocenters. The Morgan fingerprint density at radius 3 is 1.91 bits per heavy atom. The Hall–Kier alpha value is -1.57. The Balaban J connectivity index is 0.00000245. The van der Waals surface area contributed by atoms with Gasteiger partial charge in [-0.2, -0.15) is 0 Å². The van der Waals surface area contributed by atoms with Crippen LogP contribution in [0.25, 0.3) is 5.57 Å². The molecule has 0 N–H and O–H groups in total. The van der Waals surface area contributed by atoms with E-state index in [1.165, 1.54) is 106 Å². The fourth-order valence-corrected chi connectivity index (χ4v) is 6.30. The van der Waals surface area contributed by atoms with E-state index in [2.05, 4.69) is 53.4 Å². The molecule has 0 amide bonds. The summed E-state index contributed by atoms with van der Waals surface area (Å²) in [6, 6.07) is 18.3. The maximum absolute atomic E-state index is 2.74. The van der Waals surface area contributed by atoms with E-state index < -0.39 is 0 Å². The van der Waals surface area contributed by atoms with Crippen molar-refractivity contribution in [3.05, 3.63) is 76.4 Å². The van der Waals surface area contributed by atoms with Gasteiger partial charge in [0.05, 0.1) is 0 Å². The molecule has 3 aliphatic rings. The number of halogens is 1. The molecule has 0 bridgehead atoms. The average Bonchev–Trinajstić information content (AvgIpc) is 3.00. The van der Waals surface area contributed by atoms with Gasteiger partial charge in [0.2, 0.25) is 0 Å². The van der Waals surface area contributed by atoms with Crippen molar-refractivity contribution in [1.82, 2.24) is 4.90 Å². The van der Waals surface area contributed by atoms with E-state index in [-0.39, 0.29) is 12.4 Å². The van der Waals surface area contributed by atoms with Gasteiger partial charge in [-0.3, -0.25) is 0 Å². The van der Waals surface area contributed by atoms with Crippen molar-refractivity contribution in [3.8, 4) is 0 Å². The van der Waals surface area contributed by atoms with Crippen LogP contribution in [0.2, 0.25) is 0 Å². The highest BCUT2D eigenvalue weighted by Gasteiger charge is 2.23. The van der Waals surface area contributed by atoms with Crippen molar-refractivity contribution < 1.29 is 0 Å². The zero-order valence-corrected chi connectivity index (χ0v) is 20.5. The van der Waals surface area contributed by atoms with Gasteiger partial charge in [-0.25, -0.2) is 0 Å². The SMILES string of the molecule is Cl.c1ccc2c(c1)CCc1ccccc1C2=C1CCN(CCCCC2CCCCC2)CC1. The fraction of sp³-hybridized carbons (Fsp3) is 0.533. The fourth-order valence-electron chi connectivity index (χ4n) is 6.30. The number of unbranched alkanes of at least 4 members (excludes halogenated alkanes) is 1. The Morgan fingerprint density at radius 2 is 1.28 bits per heavy atom. The number of hydrogen-bond donors (Lipinski definition) is 0. The van der Waals surface area contributed by atoms with Crippen molar-refractivity contribution in [2.75, 3.05) is 19.6 Å². The maximum atomic E-state index is 2.74. The predicted octanol–water partition coefficient (Wildman–Crippen LogP) is 7.86. The van der Waals surface area contributed by atoms with Gasteiger partial charge in [-0.05, 0) is 72.4 Å². The summed E-state index contributed by atoms with van der Waals surface area (Å²) in [4.78, 5) is 2.74. The van der Waals surface area contributed by atoms with Crippen molar-refractivity contribution in [1.29, 1.82) is 0 Å².